The molecule has 12 nitrogen and oxygen atoms in total. The van der Waals surface area contributed by atoms with Crippen molar-refractivity contribution in [2.75, 3.05) is 39.3 Å². The van der Waals surface area contributed by atoms with Gasteiger partial charge in [0.2, 0.25) is 11.6 Å². The standard InChI is InChI=1S/C23H24N4O8/c1-31-18-10-14(11-19(32-2)21(18)33-3)22-25-24-20(35-22)13-34-23(28)16-12-15(27(29)30)6-7-17(16)26-8-4-5-9-26/h6-7,10-12H,4-5,8-9,13H2,1-3H3. The number of esters is 1. The molecular weight excluding hydrogens is 460 g/mol. The van der Waals surface area contributed by atoms with Crippen LogP contribution in [0.4, 0.5) is 11.4 Å². The van der Waals surface area contributed by atoms with Crippen LogP contribution in [-0.2, 0) is 11.3 Å². The number of hydrogen-bond donors (Lipinski definition) is 0. The molecule has 0 spiro atoms. The van der Waals surface area contributed by atoms with Gasteiger partial charge in [-0.15, -0.1) is 10.2 Å². The number of rotatable bonds is 9. The van der Waals surface area contributed by atoms with Gasteiger partial charge in [-0.2, -0.15) is 0 Å². The predicted octanol–water partition coefficient (Wildman–Crippen LogP) is 3.63. The van der Waals surface area contributed by atoms with Crippen molar-refractivity contribution in [3.63, 3.8) is 0 Å². The normalized spacial score (nSPS) is 12.9. The molecule has 1 fully saturated rings. The van der Waals surface area contributed by atoms with Gasteiger partial charge in [0, 0.05) is 30.8 Å². The quantitative estimate of drug-likeness (QED) is 0.250. The van der Waals surface area contributed by atoms with Gasteiger partial charge in [0.25, 0.3) is 11.6 Å². The van der Waals surface area contributed by atoms with Gasteiger partial charge >= 0.3 is 5.97 Å². The Labute approximate surface area is 200 Å². The lowest BCUT2D eigenvalue weighted by Crippen LogP contribution is -2.21. The maximum Gasteiger partial charge on any atom is 0.341 e. The monoisotopic (exact) mass is 484 g/mol. The van der Waals surface area contributed by atoms with Crippen LogP contribution >= 0.6 is 0 Å². The summed E-state index contributed by atoms with van der Waals surface area (Å²) in [5, 5.41) is 19.2. The fraction of sp³-hybridized carbons (Fsp3) is 0.348. The maximum absolute atomic E-state index is 12.9. The number of nitrogens with zero attached hydrogens (tertiary/aromatic N) is 4. The van der Waals surface area contributed by atoms with Crippen LogP contribution < -0.4 is 19.1 Å². The van der Waals surface area contributed by atoms with Crippen molar-refractivity contribution < 1.29 is 33.1 Å². The van der Waals surface area contributed by atoms with Gasteiger partial charge in [-0.25, -0.2) is 4.79 Å². The lowest BCUT2D eigenvalue weighted by molar-refractivity contribution is -0.384. The molecule has 0 N–H and O–H groups in total. The van der Waals surface area contributed by atoms with E-state index in [1.54, 1.807) is 18.2 Å². The fourth-order valence-corrected chi connectivity index (χ4v) is 3.87. The average Bonchev–Trinajstić information content (AvgIpc) is 3.58. The molecule has 0 radical (unpaired) electrons. The van der Waals surface area contributed by atoms with E-state index in [1.165, 1.54) is 33.5 Å². The molecule has 3 aromatic rings. The Morgan fingerprint density at radius 3 is 2.34 bits per heavy atom. The Morgan fingerprint density at radius 1 is 1.06 bits per heavy atom. The molecule has 0 amide bonds. The number of nitro benzene ring substituents is 1. The third kappa shape index (κ3) is 4.95. The molecule has 12 heteroatoms. The first kappa shape index (κ1) is 23.8. The number of methoxy groups -OCH3 is 3. The Kier molecular flexibility index (Phi) is 6.99. The number of aromatic nitrogens is 2. The van der Waals surface area contributed by atoms with Crippen molar-refractivity contribution >= 4 is 17.3 Å². The van der Waals surface area contributed by atoms with Crippen LogP contribution in [0.5, 0.6) is 17.2 Å². The van der Waals surface area contributed by atoms with Crippen LogP contribution in [0.15, 0.2) is 34.7 Å². The minimum atomic E-state index is -0.719. The Bertz CT molecular complexity index is 1210. The molecule has 4 rings (SSSR count). The summed E-state index contributed by atoms with van der Waals surface area (Å²) in [4.78, 5) is 25.6. The van der Waals surface area contributed by atoms with E-state index in [4.69, 9.17) is 23.4 Å². The van der Waals surface area contributed by atoms with E-state index in [-0.39, 0.29) is 29.6 Å². The van der Waals surface area contributed by atoms with Gasteiger partial charge < -0.3 is 28.3 Å². The largest absolute Gasteiger partial charge is 0.493 e. The van der Waals surface area contributed by atoms with Gasteiger partial charge in [0.15, 0.2) is 18.1 Å². The van der Waals surface area contributed by atoms with E-state index < -0.39 is 10.9 Å². The molecule has 0 saturated carbocycles. The average molecular weight is 484 g/mol. The minimum absolute atomic E-state index is 0.0512. The fourth-order valence-electron chi connectivity index (χ4n) is 3.87. The van der Waals surface area contributed by atoms with Gasteiger partial charge in [-0.3, -0.25) is 10.1 Å². The van der Waals surface area contributed by atoms with Crippen molar-refractivity contribution in [2.24, 2.45) is 0 Å². The van der Waals surface area contributed by atoms with Crippen LogP contribution in [0.1, 0.15) is 29.1 Å². The van der Waals surface area contributed by atoms with Crippen LogP contribution in [0.2, 0.25) is 0 Å². The van der Waals surface area contributed by atoms with Crippen molar-refractivity contribution in [2.45, 2.75) is 19.4 Å². The lowest BCUT2D eigenvalue weighted by Gasteiger charge is -2.20. The first-order valence-electron chi connectivity index (χ1n) is 10.8. The summed E-state index contributed by atoms with van der Waals surface area (Å²) in [7, 11) is 4.48. The lowest BCUT2D eigenvalue weighted by atomic mass is 10.1. The summed E-state index contributed by atoms with van der Waals surface area (Å²) in [5.41, 5.74) is 1.04. The number of ether oxygens (including phenoxy) is 4. The van der Waals surface area contributed by atoms with E-state index >= 15 is 0 Å². The number of hydrogen-bond acceptors (Lipinski definition) is 11. The smallest absolute Gasteiger partial charge is 0.341 e. The van der Waals surface area contributed by atoms with E-state index in [9.17, 15) is 14.9 Å². The van der Waals surface area contributed by atoms with E-state index in [2.05, 4.69) is 10.2 Å². The number of non-ortho nitro benzene ring substituents is 1. The Morgan fingerprint density at radius 2 is 1.74 bits per heavy atom. The van der Waals surface area contributed by atoms with Crippen molar-refractivity contribution in [1.82, 2.24) is 10.2 Å². The van der Waals surface area contributed by atoms with Crippen molar-refractivity contribution in [1.29, 1.82) is 0 Å². The molecule has 184 valence electrons. The first-order valence-corrected chi connectivity index (χ1v) is 10.8. The van der Waals surface area contributed by atoms with Crippen LogP contribution in [0.3, 0.4) is 0 Å². The van der Waals surface area contributed by atoms with Crippen LogP contribution in [0, 0.1) is 10.1 Å². The molecule has 0 atom stereocenters. The second-order valence-electron chi connectivity index (χ2n) is 7.64. The van der Waals surface area contributed by atoms with E-state index in [0.717, 1.165) is 25.9 Å². The summed E-state index contributed by atoms with van der Waals surface area (Å²) in [6.07, 6.45) is 1.97. The molecule has 0 unspecified atom stereocenters. The van der Waals surface area contributed by atoms with Crippen LogP contribution in [0.25, 0.3) is 11.5 Å². The number of benzene rings is 2. The highest BCUT2D eigenvalue weighted by Crippen LogP contribution is 2.41. The molecule has 2 heterocycles. The summed E-state index contributed by atoms with van der Waals surface area (Å²) >= 11 is 0. The highest BCUT2D eigenvalue weighted by Gasteiger charge is 2.24. The molecule has 1 aliphatic heterocycles. The SMILES string of the molecule is COc1cc(-c2nnc(COC(=O)c3cc([N+](=O)[O-])ccc3N3CCCC3)o2)cc(OC)c1OC. The second-order valence-corrected chi connectivity index (χ2v) is 7.64. The molecule has 1 saturated heterocycles. The number of carbonyl (C=O) groups excluding carboxylic acids is 1. The molecule has 1 aliphatic rings. The van der Waals surface area contributed by atoms with Gasteiger partial charge in [-0.1, -0.05) is 0 Å². The zero-order valence-corrected chi connectivity index (χ0v) is 19.5. The number of nitro groups is 1. The molecular formula is C23H24N4O8. The van der Waals surface area contributed by atoms with Crippen molar-refractivity contribution in [3.05, 3.63) is 51.9 Å². The third-order valence-corrected chi connectivity index (χ3v) is 5.56. The Hall–Kier alpha value is -4.35. The molecule has 0 bridgehead atoms. The van der Waals surface area contributed by atoms with Gasteiger partial charge in [0.1, 0.15) is 0 Å². The molecule has 1 aromatic heterocycles. The van der Waals surface area contributed by atoms with Gasteiger partial charge in [-0.05, 0) is 31.0 Å². The highest BCUT2D eigenvalue weighted by atomic mass is 16.6. The van der Waals surface area contributed by atoms with Crippen LogP contribution in [-0.4, -0.2) is 55.5 Å². The summed E-state index contributed by atoms with van der Waals surface area (Å²) in [6.45, 7) is 1.22. The van der Waals surface area contributed by atoms with Crippen molar-refractivity contribution in [3.8, 4) is 28.7 Å². The number of anilines is 1. The Balaban J connectivity index is 1.53. The van der Waals surface area contributed by atoms with Gasteiger partial charge in [0.05, 0.1) is 37.5 Å². The highest BCUT2D eigenvalue weighted by molar-refractivity contribution is 5.96. The molecule has 35 heavy (non-hydrogen) atoms. The topological polar surface area (TPSA) is 139 Å². The maximum atomic E-state index is 12.9. The number of carbonyl (C=O) groups is 1. The summed E-state index contributed by atoms with van der Waals surface area (Å²) < 4.78 is 27.0. The van der Waals surface area contributed by atoms with E-state index in [1.807, 2.05) is 4.90 Å². The summed E-state index contributed by atoms with van der Waals surface area (Å²) in [5.74, 6) is 0.723. The summed E-state index contributed by atoms with van der Waals surface area (Å²) in [6, 6.07) is 7.48. The second kappa shape index (κ2) is 10.3. The third-order valence-electron chi connectivity index (χ3n) is 5.56. The molecule has 2 aromatic carbocycles. The molecule has 0 aliphatic carbocycles. The zero-order valence-electron chi connectivity index (χ0n) is 19.5. The predicted molar refractivity (Wildman–Crippen MR) is 123 cm³/mol. The zero-order chi connectivity index (χ0) is 24.9. The first-order chi connectivity index (χ1) is 16.9. The minimum Gasteiger partial charge on any atom is -0.493 e. The van der Waals surface area contributed by atoms with E-state index in [0.29, 0.717) is 28.5 Å².